The maximum absolute atomic E-state index is 13.0. The molecule has 0 amide bonds. The molecule has 7 nitrogen and oxygen atoms in total. The smallest absolute Gasteiger partial charge is 0.338 e. The molecule has 0 bridgehead atoms. The molecule has 170 valence electrons. The summed E-state index contributed by atoms with van der Waals surface area (Å²) in [4.78, 5) is 13.0. The molecule has 1 aromatic heterocycles. The maximum Gasteiger partial charge on any atom is 0.338 e. The number of benzene rings is 2. The van der Waals surface area contributed by atoms with Crippen molar-refractivity contribution in [1.82, 2.24) is 20.4 Å². The van der Waals surface area contributed by atoms with E-state index in [4.69, 9.17) is 38.4 Å². The predicted molar refractivity (Wildman–Crippen MR) is 131 cm³/mol. The first-order valence-corrected chi connectivity index (χ1v) is 11.1. The van der Waals surface area contributed by atoms with Crippen molar-refractivity contribution in [3.05, 3.63) is 82.7 Å². The van der Waals surface area contributed by atoms with Crippen LogP contribution in [-0.4, -0.2) is 41.2 Å². The third-order valence-corrected chi connectivity index (χ3v) is 5.67. The molecule has 0 fully saturated rings. The van der Waals surface area contributed by atoms with Crippen molar-refractivity contribution >= 4 is 34.9 Å². The number of allylic oxidation sites excluding steroid dienone is 1. The number of para-hydroxylation sites is 1. The maximum atomic E-state index is 13.0. The van der Waals surface area contributed by atoms with Gasteiger partial charge in [0, 0.05) is 35.2 Å². The van der Waals surface area contributed by atoms with E-state index < -0.39 is 12.0 Å². The molecular weight excluding hydrogens is 460 g/mol. The summed E-state index contributed by atoms with van der Waals surface area (Å²) >= 11 is 11.5. The van der Waals surface area contributed by atoms with Gasteiger partial charge in [0.15, 0.2) is 5.11 Å². The summed E-state index contributed by atoms with van der Waals surface area (Å²) in [5.74, 6) is -0.452. The first-order valence-electron chi connectivity index (χ1n) is 10.3. The highest BCUT2D eigenvalue weighted by Crippen LogP contribution is 2.35. The number of nitrogens with zero attached hydrogens (tertiary/aromatic N) is 2. The quantitative estimate of drug-likeness (QED) is 0.297. The summed E-state index contributed by atoms with van der Waals surface area (Å²) in [7, 11) is 1.56. The van der Waals surface area contributed by atoms with Gasteiger partial charge < -0.3 is 20.1 Å². The summed E-state index contributed by atoms with van der Waals surface area (Å²) in [5, 5.41) is 12.1. The van der Waals surface area contributed by atoms with Crippen LogP contribution in [0, 0.1) is 0 Å². The summed E-state index contributed by atoms with van der Waals surface area (Å²) < 4.78 is 12.2. The Morgan fingerprint density at radius 1 is 1.15 bits per heavy atom. The zero-order valence-corrected chi connectivity index (χ0v) is 19.7. The van der Waals surface area contributed by atoms with Gasteiger partial charge in [0.1, 0.15) is 6.61 Å². The average Bonchev–Trinajstić information content (AvgIpc) is 3.25. The minimum atomic E-state index is -0.558. The van der Waals surface area contributed by atoms with E-state index in [0.717, 1.165) is 16.8 Å². The van der Waals surface area contributed by atoms with E-state index in [1.807, 2.05) is 60.8 Å². The van der Waals surface area contributed by atoms with Crippen molar-refractivity contribution in [3.63, 3.8) is 0 Å². The lowest BCUT2D eigenvalue weighted by Gasteiger charge is -2.29. The molecular formula is C24H23ClN4O3S. The predicted octanol–water partition coefficient (Wildman–Crippen LogP) is 4.18. The van der Waals surface area contributed by atoms with Gasteiger partial charge in [-0.1, -0.05) is 41.9 Å². The van der Waals surface area contributed by atoms with Crippen LogP contribution in [0.1, 0.15) is 18.5 Å². The van der Waals surface area contributed by atoms with Gasteiger partial charge in [-0.3, -0.25) is 0 Å². The molecule has 2 aromatic carbocycles. The van der Waals surface area contributed by atoms with Gasteiger partial charge in [-0.15, -0.1) is 0 Å². The number of halogens is 1. The summed E-state index contributed by atoms with van der Waals surface area (Å²) in [6, 6.07) is 16.6. The minimum Gasteiger partial charge on any atom is -0.460 e. The fourth-order valence-corrected chi connectivity index (χ4v) is 4.03. The third-order valence-electron chi connectivity index (χ3n) is 5.20. The molecule has 0 aliphatic carbocycles. The van der Waals surface area contributed by atoms with E-state index in [1.165, 1.54) is 0 Å². The number of carbonyl (C=O) groups is 1. The Balaban J connectivity index is 1.83. The fraction of sp³-hybridized carbons (Fsp3) is 0.208. The Hall–Kier alpha value is -3.20. The van der Waals surface area contributed by atoms with Crippen LogP contribution in [-0.2, 0) is 14.3 Å². The van der Waals surface area contributed by atoms with Gasteiger partial charge in [0.2, 0.25) is 0 Å². The second kappa shape index (κ2) is 10.2. The van der Waals surface area contributed by atoms with Crippen LogP contribution in [0.4, 0.5) is 0 Å². The van der Waals surface area contributed by atoms with E-state index in [1.54, 1.807) is 18.7 Å². The lowest BCUT2D eigenvalue weighted by molar-refractivity contribution is -0.140. The van der Waals surface area contributed by atoms with Gasteiger partial charge >= 0.3 is 5.97 Å². The van der Waals surface area contributed by atoms with E-state index >= 15 is 0 Å². The molecule has 9 heteroatoms. The highest BCUT2D eigenvalue weighted by atomic mass is 35.5. The molecule has 1 atom stereocenters. The van der Waals surface area contributed by atoms with Crippen molar-refractivity contribution in [1.29, 1.82) is 0 Å². The molecule has 1 aliphatic rings. The van der Waals surface area contributed by atoms with Crippen LogP contribution in [0.5, 0.6) is 0 Å². The second-order valence-electron chi connectivity index (χ2n) is 7.42. The zero-order valence-electron chi connectivity index (χ0n) is 18.2. The van der Waals surface area contributed by atoms with E-state index in [0.29, 0.717) is 33.7 Å². The van der Waals surface area contributed by atoms with Crippen LogP contribution in [0.3, 0.4) is 0 Å². The van der Waals surface area contributed by atoms with Crippen molar-refractivity contribution < 1.29 is 14.3 Å². The number of methoxy groups -OCH3 is 1. The molecule has 0 spiro atoms. The molecule has 0 unspecified atom stereocenters. The number of hydrogen-bond acceptors (Lipinski definition) is 5. The molecule has 0 saturated carbocycles. The third kappa shape index (κ3) is 5.08. The van der Waals surface area contributed by atoms with Crippen LogP contribution in [0.15, 0.2) is 72.1 Å². The first-order chi connectivity index (χ1) is 16.0. The molecule has 2 N–H and O–H groups in total. The largest absolute Gasteiger partial charge is 0.460 e. The van der Waals surface area contributed by atoms with Crippen molar-refractivity contribution in [2.24, 2.45) is 0 Å². The van der Waals surface area contributed by atoms with E-state index in [9.17, 15) is 4.79 Å². The van der Waals surface area contributed by atoms with Crippen molar-refractivity contribution in [2.75, 3.05) is 20.3 Å². The molecule has 33 heavy (non-hydrogen) atoms. The minimum absolute atomic E-state index is 0.149. The Kier molecular flexibility index (Phi) is 7.08. The number of ether oxygens (including phenoxy) is 2. The second-order valence-corrected chi connectivity index (χ2v) is 8.26. The van der Waals surface area contributed by atoms with Crippen LogP contribution in [0.2, 0.25) is 5.02 Å². The van der Waals surface area contributed by atoms with Gasteiger partial charge in [0.05, 0.1) is 29.6 Å². The number of thiocarbonyl (C=S) groups is 1. The number of hydrogen-bond donors (Lipinski definition) is 2. The number of carbonyl (C=O) groups excluding carboxylic acids is 1. The zero-order chi connectivity index (χ0) is 23.4. The lowest BCUT2D eigenvalue weighted by atomic mass is 9.94. The van der Waals surface area contributed by atoms with Gasteiger partial charge in [-0.25, -0.2) is 9.48 Å². The normalized spacial score (nSPS) is 15.7. The monoisotopic (exact) mass is 482 g/mol. The lowest BCUT2D eigenvalue weighted by Crippen LogP contribution is -2.45. The summed E-state index contributed by atoms with van der Waals surface area (Å²) in [6.07, 6.45) is 1.90. The van der Waals surface area contributed by atoms with Gasteiger partial charge in [-0.2, -0.15) is 5.10 Å². The molecule has 4 rings (SSSR count). The van der Waals surface area contributed by atoms with Crippen LogP contribution < -0.4 is 10.6 Å². The van der Waals surface area contributed by atoms with Crippen molar-refractivity contribution in [3.8, 4) is 16.9 Å². The highest BCUT2D eigenvalue weighted by molar-refractivity contribution is 7.80. The average molecular weight is 483 g/mol. The standard InChI is InChI=1S/C24H23ClN4O3S/c1-15-20(23(30)32-13-12-31-2)22(27-24(33)26-15)19-14-29(18-6-4-3-5-7-18)28-21(19)16-8-10-17(25)11-9-16/h3-11,14,22H,12-13H2,1-2H3,(H2,26,27,33)/t22-/m0/s1. The van der Waals surface area contributed by atoms with Gasteiger partial charge in [0.25, 0.3) is 0 Å². The Bertz CT molecular complexity index is 1190. The van der Waals surface area contributed by atoms with Crippen molar-refractivity contribution in [2.45, 2.75) is 13.0 Å². The molecule has 1 aliphatic heterocycles. The van der Waals surface area contributed by atoms with Crippen LogP contribution in [0.25, 0.3) is 16.9 Å². The SMILES string of the molecule is COCCOC(=O)C1=C(C)NC(=S)N[C@H]1c1cn(-c2ccccc2)nc1-c1ccc(Cl)cc1. The summed E-state index contributed by atoms with van der Waals surface area (Å²) in [5.41, 5.74) is 4.29. The van der Waals surface area contributed by atoms with E-state index in [-0.39, 0.29) is 6.61 Å². The number of nitrogens with one attached hydrogen (secondary N) is 2. The fourth-order valence-electron chi connectivity index (χ4n) is 3.64. The molecule has 3 aromatic rings. The van der Waals surface area contributed by atoms with E-state index in [2.05, 4.69) is 10.6 Å². The topological polar surface area (TPSA) is 77.4 Å². The van der Waals surface area contributed by atoms with Gasteiger partial charge in [-0.05, 0) is 43.4 Å². The molecule has 0 radical (unpaired) electrons. The Labute approximate surface area is 202 Å². The number of rotatable bonds is 7. The molecule has 0 saturated heterocycles. The molecule has 2 heterocycles. The Morgan fingerprint density at radius 3 is 2.58 bits per heavy atom. The van der Waals surface area contributed by atoms with Crippen LogP contribution >= 0.6 is 23.8 Å². The highest BCUT2D eigenvalue weighted by Gasteiger charge is 2.34. The number of esters is 1. The first kappa shape index (κ1) is 23.0. The summed E-state index contributed by atoms with van der Waals surface area (Å²) in [6.45, 7) is 2.26. The number of aromatic nitrogens is 2. The Morgan fingerprint density at radius 2 is 1.88 bits per heavy atom.